The molecule has 13 heavy (non-hydrogen) atoms. The first kappa shape index (κ1) is 12.1. The third-order valence-electron chi connectivity index (χ3n) is 1.18. The van der Waals surface area contributed by atoms with Gasteiger partial charge in [-0.2, -0.15) is 5.26 Å². The van der Waals surface area contributed by atoms with Crippen LogP contribution in [-0.4, -0.2) is 26.0 Å². The highest BCUT2D eigenvalue weighted by Gasteiger charge is 2.37. The predicted molar refractivity (Wildman–Crippen MR) is 42.8 cm³/mol. The summed E-state index contributed by atoms with van der Waals surface area (Å²) in [5.74, 6) is -2.24. The second-order valence-corrected chi connectivity index (χ2v) is 4.27. The van der Waals surface area contributed by atoms with Gasteiger partial charge in [0.15, 0.2) is 0 Å². The Labute approximate surface area is 75.9 Å². The molecule has 1 atom stereocenters. The predicted octanol–water partition coefficient (Wildman–Crippen LogP) is 0.885. The van der Waals surface area contributed by atoms with E-state index in [1.54, 1.807) is 0 Å². The van der Waals surface area contributed by atoms with Crippen molar-refractivity contribution >= 4 is 13.6 Å². The van der Waals surface area contributed by atoms with Gasteiger partial charge in [0.2, 0.25) is 0 Å². The minimum Gasteiger partial charge on any atom is -0.434 e. The van der Waals surface area contributed by atoms with Gasteiger partial charge in [-0.25, -0.2) is 0 Å². The van der Waals surface area contributed by atoms with E-state index in [-0.39, 0.29) is 0 Å². The minimum atomic E-state index is -3.65. The van der Waals surface area contributed by atoms with Gasteiger partial charge in [0, 0.05) is 21.1 Å². The zero-order valence-electron chi connectivity index (χ0n) is 7.51. The molecule has 0 aromatic carbocycles. The summed E-state index contributed by atoms with van der Waals surface area (Å²) in [6, 6.07) is 1.52. The number of rotatable bonds is 4. The molecule has 74 valence electrons. The molecule has 0 rings (SSSR count). The quantitative estimate of drug-likeness (QED) is 0.502. The summed E-state index contributed by atoms with van der Waals surface area (Å²) in [5, 5.41) is 8.51. The van der Waals surface area contributed by atoms with Crippen molar-refractivity contribution in [2.24, 2.45) is 0 Å². The molecule has 6 nitrogen and oxygen atoms in total. The lowest BCUT2D eigenvalue weighted by Crippen LogP contribution is -2.16. The fraction of sp³-hybridized carbons (Fsp3) is 0.667. The SMILES string of the molecule is COP(=O)(OC)C(C#N)OC(C)=O. The third kappa shape index (κ3) is 3.15. The molecule has 0 aliphatic rings. The van der Waals surface area contributed by atoms with Crippen molar-refractivity contribution in [3.8, 4) is 6.07 Å². The zero-order chi connectivity index (χ0) is 10.5. The highest BCUT2D eigenvalue weighted by Crippen LogP contribution is 2.51. The molecule has 1 unspecified atom stereocenters. The number of nitriles is 1. The standard InChI is InChI=1S/C6H10NO5P/c1-5(8)12-6(4-7)13(9,10-2)11-3/h6H,1-3H3. The third-order valence-corrected chi connectivity index (χ3v) is 3.00. The monoisotopic (exact) mass is 207 g/mol. The number of hydrogen-bond acceptors (Lipinski definition) is 6. The van der Waals surface area contributed by atoms with Gasteiger partial charge in [-0.05, 0) is 0 Å². The molecule has 0 radical (unpaired) electrons. The molecule has 0 spiro atoms. The Kier molecular flexibility index (Phi) is 4.63. The summed E-state index contributed by atoms with van der Waals surface area (Å²) in [6.07, 6.45) is 0. The molecule has 0 saturated carbocycles. The summed E-state index contributed by atoms with van der Waals surface area (Å²) in [5.41, 5.74) is 0. The Balaban J connectivity index is 4.66. The van der Waals surface area contributed by atoms with Crippen LogP contribution in [0.5, 0.6) is 0 Å². The normalized spacial score (nSPS) is 13.1. The van der Waals surface area contributed by atoms with E-state index in [0.29, 0.717) is 0 Å². The Bertz CT molecular complexity index is 263. The maximum absolute atomic E-state index is 11.5. The van der Waals surface area contributed by atoms with E-state index in [1.807, 2.05) is 0 Å². The van der Waals surface area contributed by atoms with Gasteiger partial charge in [0.1, 0.15) is 6.07 Å². The maximum Gasteiger partial charge on any atom is 0.385 e. The highest BCUT2D eigenvalue weighted by molar-refractivity contribution is 7.54. The Morgan fingerprint density at radius 3 is 2.15 bits per heavy atom. The number of ether oxygens (including phenoxy) is 1. The Morgan fingerprint density at radius 1 is 1.46 bits per heavy atom. The van der Waals surface area contributed by atoms with E-state index in [0.717, 1.165) is 21.1 Å². The molecule has 0 amide bonds. The number of carbonyl (C=O) groups excluding carboxylic acids is 1. The van der Waals surface area contributed by atoms with Gasteiger partial charge in [-0.15, -0.1) is 0 Å². The first-order valence-electron chi connectivity index (χ1n) is 3.28. The van der Waals surface area contributed by atoms with Crippen LogP contribution in [-0.2, 0) is 23.1 Å². The fourth-order valence-corrected chi connectivity index (χ4v) is 1.54. The van der Waals surface area contributed by atoms with Crippen molar-refractivity contribution in [3.05, 3.63) is 0 Å². The molecular formula is C6H10NO5P. The molecule has 0 aromatic rings. The topological polar surface area (TPSA) is 85.6 Å². The Morgan fingerprint density at radius 2 is 1.92 bits per heavy atom. The van der Waals surface area contributed by atoms with Gasteiger partial charge in [0.25, 0.3) is 5.85 Å². The zero-order valence-corrected chi connectivity index (χ0v) is 8.41. The van der Waals surface area contributed by atoms with E-state index in [9.17, 15) is 9.36 Å². The molecule has 0 fully saturated rings. The summed E-state index contributed by atoms with van der Waals surface area (Å²) in [7, 11) is -1.43. The lowest BCUT2D eigenvalue weighted by molar-refractivity contribution is -0.141. The van der Waals surface area contributed by atoms with Crippen molar-refractivity contribution in [2.75, 3.05) is 14.2 Å². The molecule has 0 aromatic heterocycles. The maximum atomic E-state index is 11.5. The number of nitrogens with zero attached hydrogens (tertiary/aromatic N) is 1. The summed E-state index contributed by atoms with van der Waals surface area (Å²) in [4.78, 5) is 10.5. The second kappa shape index (κ2) is 4.97. The molecule has 0 aliphatic heterocycles. The van der Waals surface area contributed by atoms with Crippen molar-refractivity contribution in [2.45, 2.75) is 12.8 Å². The van der Waals surface area contributed by atoms with Crippen molar-refractivity contribution < 1.29 is 23.1 Å². The summed E-state index contributed by atoms with van der Waals surface area (Å²) >= 11 is 0. The number of esters is 1. The minimum absolute atomic E-state index is 0.721. The summed E-state index contributed by atoms with van der Waals surface area (Å²) in [6.45, 7) is 1.10. The molecule has 0 saturated heterocycles. The molecule has 7 heteroatoms. The van der Waals surface area contributed by atoms with Crippen LogP contribution in [0.25, 0.3) is 0 Å². The molecule has 0 bridgehead atoms. The van der Waals surface area contributed by atoms with Crippen LogP contribution in [0.2, 0.25) is 0 Å². The largest absolute Gasteiger partial charge is 0.434 e. The van der Waals surface area contributed by atoms with E-state index >= 15 is 0 Å². The number of carbonyl (C=O) groups is 1. The highest BCUT2D eigenvalue weighted by atomic mass is 31.2. The summed E-state index contributed by atoms with van der Waals surface area (Å²) < 4.78 is 24.9. The van der Waals surface area contributed by atoms with Gasteiger partial charge >= 0.3 is 13.6 Å². The molecule has 0 aliphatic carbocycles. The molecule has 0 heterocycles. The van der Waals surface area contributed by atoms with Crippen molar-refractivity contribution in [3.63, 3.8) is 0 Å². The Hall–Kier alpha value is -0.890. The van der Waals surface area contributed by atoms with Crippen LogP contribution in [0.3, 0.4) is 0 Å². The lowest BCUT2D eigenvalue weighted by Gasteiger charge is -2.17. The van der Waals surface area contributed by atoms with E-state index in [2.05, 4.69) is 13.8 Å². The van der Waals surface area contributed by atoms with Gasteiger partial charge in [0.05, 0.1) is 0 Å². The average molecular weight is 207 g/mol. The van der Waals surface area contributed by atoms with Crippen LogP contribution in [0.4, 0.5) is 0 Å². The van der Waals surface area contributed by atoms with Crippen LogP contribution < -0.4 is 0 Å². The lowest BCUT2D eigenvalue weighted by atomic mass is 10.7. The fourth-order valence-electron chi connectivity index (χ4n) is 0.585. The first-order chi connectivity index (χ1) is 6.00. The van der Waals surface area contributed by atoms with Crippen molar-refractivity contribution in [1.82, 2.24) is 0 Å². The average Bonchev–Trinajstić information content (AvgIpc) is 2.12. The van der Waals surface area contributed by atoms with Crippen molar-refractivity contribution in [1.29, 1.82) is 5.26 Å². The smallest absolute Gasteiger partial charge is 0.385 e. The van der Waals surface area contributed by atoms with Crippen LogP contribution in [0, 0.1) is 11.3 Å². The molecule has 0 N–H and O–H groups in total. The van der Waals surface area contributed by atoms with Gasteiger partial charge < -0.3 is 13.8 Å². The number of hydrogen-bond donors (Lipinski definition) is 0. The van der Waals surface area contributed by atoms with Gasteiger partial charge in [-0.3, -0.25) is 9.36 Å². The van der Waals surface area contributed by atoms with Crippen LogP contribution in [0.15, 0.2) is 0 Å². The van der Waals surface area contributed by atoms with Gasteiger partial charge in [-0.1, -0.05) is 0 Å². The molecular weight excluding hydrogens is 197 g/mol. The van der Waals surface area contributed by atoms with Crippen LogP contribution in [0.1, 0.15) is 6.92 Å². The first-order valence-corrected chi connectivity index (χ1v) is 4.89. The van der Waals surface area contributed by atoms with E-state index in [4.69, 9.17) is 5.26 Å². The van der Waals surface area contributed by atoms with Crippen LogP contribution >= 0.6 is 7.60 Å². The second-order valence-electron chi connectivity index (χ2n) is 2.00. The van der Waals surface area contributed by atoms with E-state index < -0.39 is 19.4 Å². The van der Waals surface area contributed by atoms with E-state index in [1.165, 1.54) is 6.07 Å².